The molecule has 0 amide bonds. The molecule has 0 saturated carbocycles. The Balaban J connectivity index is 2.79. The molecule has 1 aromatic heterocycles. The number of likely N-dealkylation sites (N-methyl/N-ethyl adjacent to an activating group) is 1. The van der Waals surface area contributed by atoms with Crippen molar-refractivity contribution >= 4 is 17.2 Å². The molecular formula is C11H17N5O4. The summed E-state index contributed by atoms with van der Waals surface area (Å²) in [5, 5.41) is 24.3. The van der Waals surface area contributed by atoms with E-state index in [-0.39, 0.29) is 5.82 Å². The van der Waals surface area contributed by atoms with Gasteiger partial charge in [-0.1, -0.05) is 13.8 Å². The smallest absolute Gasteiger partial charge is 0.318 e. The molecular weight excluding hydrogens is 266 g/mol. The second-order valence-electron chi connectivity index (χ2n) is 4.03. The lowest BCUT2D eigenvalue weighted by Crippen LogP contribution is -2.28. The molecule has 0 aromatic carbocycles. The number of hydrogen-bond acceptors (Lipinski definition) is 7. The summed E-state index contributed by atoms with van der Waals surface area (Å²) in [6, 6.07) is 0.909. The van der Waals surface area contributed by atoms with Crippen LogP contribution in [0.15, 0.2) is 12.3 Å². The highest BCUT2D eigenvalue weighted by molar-refractivity contribution is 5.59. The van der Waals surface area contributed by atoms with Gasteiger partial charge in [0.15, 0.2) is 0 Å². The molecule has 0 atom stereocenters. The van der Waals surface area contributed by atoms with E-state index in [1.807, 2.05) is 13.8 Å². The van der Waals surface area contributed by atoms with Gasteiger partial charge >= 0.3 is 5.69 Å². The van der Waals surface area contributed by atoms with Gasteiger partial charge < -0.3 is 10.2 Å². The average Bonchev–Trinajstić information content (AvgIpc) is 2.43. The Labute approximate surface area is 115 Å². The zero-order valence-corrected chi connectivity index (χ0v) is 11.4. The van der Waals surface area contributed by atoms with E-state index in [2.05, 4.69) is 15.2 Å². The van der Waals surface area contributed by atoms with Crippen molar-refractivity contribution in [3.8, 4) is 0 Å². The van der Waals surface area contributed by atoms with Crippen molar-refractivity contribution in [2.75, 3.05) is 31.5 Å². The van der Waals surface area contributed by atoms with Crippen molar-refractivity contribution in [2.24, 2.45) is 0 Å². The third kappa shape index (κ3) is 4.12. The summed E-state index contributed by atoms with van der Waals surface area (Å²) >= 11 is 0. The van der Waals surface area contributed by atoms with Gasteiger partial charge in [0, 0.05) is 13.1 Å². The molecule has 0 fully saturated rings. The highest BCUT2D eigenvalue weighted by atomic mass is 16.6. The predicted molar refractivity (Wildman–Crippen MR) is 73.8 cm³/mol. The molecule has 0 radical (unpaired) electrons. The number of rotatable bonds is 8. The molecule has 1 heterocycles. The lowest BCUT2D eigenvalue weighted by molar-refractivity contribution is -0.394. The van der Waals surface area contributed by atoms with E-state index in [4.69, 9.17) is 0 Å². The molecule has 9 nitrogen and oxygen atoms in total. The molecule has 0 bridgehead atoms. The lowest BCUT2D eigenvalue weighted by Gasteiger charge is -2.18. The Kier molecular flexibility index (Phi) is 5.78. The Bertz CT molecular complexity index is 490. The average molecular weight is 283 g/mol. The number of nitrogens with one attached hydrogen (secondary N) is 1. The molecule has 0 aliphatic rings. The fourth-order valence-electron chi connectivity index (χ4n) is 1.69. The van der Waals surface area contributed by atoms with Gasteiger partial charge in [-0.15, -0.1) is 0 Å². The fraction of sp³-hybridized carbons (Fsp3) is 0.545. The van der Waals surface area contributed by atoms with E-state index < -0.39 is 21.2 Å². The molecule has 0 spiro atoms. The number of aromatic nitrogens is 1. The standard InChI is InChI=1S/C11H17N5O4/c1-3-14(4-2)6-5-12-11-10(16(19)20)7-9(8-13-11)15(17)18/h7-8H,3-6H2,1-2H3,(H,12,13). The minimum absolute atomic E-state index is 0.0488. The second kappa shape index (κ2) is 7.34. The third-order valence-corrected chi connectivity index (χ3v) is 2.88. The number of pyridine rings is 1. The SMILES string of the molecule is CCN(CC)CCNc1ncc([N+](=O)[O-])cc1[N+](=O)[O-]. The molecule has 110 valence electrons. The maximum atomic E-state index is 10.9. The first kappa shape index (κ1) is 15.8. The van der Waals surface area contributed by atoms with Crippen LogP contribution < -0.4 is 5.32 Å². The van der Waals surface area contributed by atoms with E-state index in [9.17, 15) is 20.2 Å². The van der Waals surface area contributed by atoms with Crippen LogP contribution in [0.4, 0.5) is 17.2 Å². The first-order chi connectivity index (χ1) is 9.49. The Hall–Kier alpha value is -2.29. The molecule has 20 heavy (non-hydrogen) atoms. The topological polar surface area (TPSA) is 114 Å². The van der Waals surface area contributed by atoms with Gasteiger partial charge in [-0.25, -0.2) is 4.98 Å². The van der Waals surface area contributed by atoms with Crippen LogP contribution in [0.1, 0.15) is 13.8 Å². The van der Waals surface area contributed by atoms with Gasteiger partial charge in [0.05, 0.1) is 15.9 Å². The zero-order chi connectivity index (χ0) is 15.1. The summed E-state index contributed by atoms with van der Waals surface area (Å²) in [5.41, 5.74) is -0.787. The maximum Gasteiger partial charge on any atom is 0.318 e. The van der Waals surface area contributed by atoms with E-state index in [0.29, 0.717) is 13.1 Å². The molecule has 0 aliphatic heterocycles. The third-order valence-electron chi connectivity index (χ3n) is 2.88. The Morgan fingerprint density at radius 2 is 1.90 bits per heavy atom. The summed E-state index contributed by atoms with van der Waals surface area (Å²) in [4.78, 5) is 26.0. The summed E-state index contributed by atoms with van der Waals surface area (Å²) in [6.07, 6.45) is 1.01. The van der Waals surface area contributed by atoms with Gasteiger partial charge in [-0.05, 0) is 13.1 Å². The Morgan fingerprint density at radius 1 is 1.25 bits per heavy atom. The van der Waals surface area contributed by atoms with Crippen LogP contribution in [-0.2, 0) is 0 Å². The first-order valence-electron chi connectivity index (χ1n) is 6.24. The van der Waals surface area contributed by atoms with Crippen LogP contribution in [0, 0.1) is 20.2 Å². The van der Waals surface area contributed by atoms with Crippen LogP contribution >= 0.6 is 0 Å². The fourth-order valence-corrected chi connectivity index (χ4v) is 1.69. The number of nitro groups is 2. The van der Waals surface area contributed by atoms with Crippen molar-refractivity contribution < 1.29 is 9.85 Å². The normalized spacial score (nSPS) is 10.6. The monoisotopic (exact) mass is 283 g/mol. The maximum absolute atomic E-state index is 10.9. The van der Waals surface area contributed by atoms with Crippen LogP contribution in [-0.4, -0.2) is 45.9 Å². The summed E-state index contributed by atoms with van der Waals surface area (Å²) in [5.74, 6) is 0.0488. The van der Waals surface area contributed by atoms with E-state index in [0.717, 1.165) is 25.4 Å². The van der Waals surface area contributed by atoms with Gasteiger partial charge in [0.1, 0.15) is 6.20 Å². The molecule has 1 N–H and O–H groups in total. The number of nitrogens with zero attached hydrogens (tertiary/aromatic N) is 4. The van der Waals surface area contributed by atoms with Crippen molar-refractivity contribution in [1.82, 2.24) is 9.88 Å². The van der Waals surface area contributed by atoms with Crippen molar-refractivity contribution in [3.05, 3.63) is 32.5 Å². The quantitative estimate of drug-likeness (QED) is 0.569. The highest BCUT2D eigenvalue weighted by Gasteiger charge is 2.20. The molecule has 0 unspecified atom stereocenters. The number of anilines is 1. The second-order valence-corrected chi connectivity index (χ2v) is 4.03. The lowest BCUT2D eigenvalue weighted by atomic mass is 10.3. The van der Waals surface area contributed by atoms with E-state index in [1.54, 1.807) is 0 Å². The molecule has 0 saturated heterocycles. The van der Waals surface area contributed by atoms with Gasteiger partial charge in [-0.3, -0.25) is 20.2 Å². The van der Waals surface area contributed by atoms with E-state index in [1.165, 1.54) is 0 Å². The Morgan fingerprint density at radius 3 is 2.40 bits per heavy atom. The highest BCUT2D eigenvalue weighted by Crippen LogP contribution is 2.25. The molecule has 1 rings (SSSR count). The summed E-state index contributed by atoms with van der Waals surface area (Å²) in [6.45, 7) is 7.00. The van der Waals surface area contributed by atoms with Crippen LogP contribution in [0.25, 0.3) is 0 Å². The zero-order valence-electron chi connectivity index (χ0n) is 11.4. The first-order valence-corrected chi connectivity index (χ1v) is 6.24. The van der Waals surface area contributed by atoms with Gasteiger partial charge in [-0.2, -0.15) is 0 Å². The molecule has 1 aromatic rings. The minimum atomic E-state index is -0.709. The molecule has 0 aliphatic carbocycles. The van der Waals surface area contributed by atoms with Crippen LogP contribution in [0.2, 0.25) is 0 Å². The minimum Gasteiger partial charge on any atom is -0.363 e. The van der Waals surface area contributed by atoms with Crippen molar-refractivity contribution in [3.63, 3.8) is 0 Å². The molecule has 9 heteroatoms. The summed E-state index contributed by atoms with van der Waals surface area (Å²) < 4.78 is 0. The summed E-state index contributed by atoms with van der Waals surface area (Å²) in [7, 11) is 0. The van der Waals surface area contributed by atoms with Crippen molar-refractivity contribution in [2.45, 2.75) is 13.8 Å². The van der Waals surface area contributed by atoms with Gasteiger partial charge in [0.2, 0.25) is 5.82 Å². The van der Waals surface area contributed by atoms with Crippen LogP contribution in [0.3, 0.4) is 0 Å². The largest absolute Gasteiger partial charge is 0.363 e. The van der Waals surface area contributed by atoms with Crippen molar-refractivity contribution in [1.29, 1.82) is 0 Å². The van der Waals surface area contributed by atoms with Gasteiger partial charge in [0.25, 0.3) is 5.69 Å². The number of hydrogen-bond donors (Lipinski definition) is 1. The van der Waals surface area contributed by atoms with Crippen LogP contribution in [0.5, 0.6) is 0 Å². The predicted octanol–water partition coefficient (Wildman–Crippen LogP) is 1.65. The van der Waals surface area contributed by atoms with E-state index >= 15 is 0 Å².